The minimum absolute atomic E-state index is 0.618. The normalized spacial score (nSPS) is 11.5. The van der Waals surface area contributed by atoms with E-state index in [0.717, 1.165) is 15.0 Å². The second kappa shape index (κ2) is 5.43. The van der Waals surface area contributed by atoms with E-state index in [1.807, 2.05) is 29.6 Å². The summed E-state index contributed by atoms with van der Waals surface area (Å²) in [7, 11) is 0. The van der Waals surface area contributed by atoms with Crippen LogP contribution in [0.4, 0.5) is 0 Å². The molecule has 0 aliphatic rings. The van der Waals surface area contributed by atoms with Crippen LogP contribution >= 0.6 is 27.3 Å². The predicted molar refractivity (Wildman–Crippen MR) is 79.7 cm³/mol. The lowest BCUT2D eigenvalue weighted by Crippen LogP contribution is -2.28. The summed E-state index contributed by atoms with van der Waals surface area (Å²) in [5.41, 5.74) is 0.825. The van der Waals surface area contributed by atoms with Crippen molar-refractivity contribution in [2.24, 2.45) is 0 Å². The highest BCUT2D eigenvalue weighted by Crippen LogP contribution is 2.27. The number of hydrogen-bond donors (Lipinski definition) is 1. The molecule has 0 atom stereocenters. The smallest absolute Gasteiger partial charge is 0.315 e. The quantitative estimate of drug-likeness (QED) is 0.920. The fraction of sp³-hybridized carbons (Fsp3) is 0.286. The van der Waals surface area contributed by atoms with Gasteiger partial charge >= 0.3 is 5.97 Å². The van der Waals surface area contributed by atoms with Crippen LogP contribution in [0.2, 0.25) is 0 Å². The van der Waals surface area contributed by atoms with E-state index in [-0.39, 0.29) is 0 Å². The van der Waals surface area contributed by atoms with Gasteiger partial charge in [-0.05, 0) is 25.5 Å². The molecule has 0 spiro atoms. The Hall–Kier alpha value is -1.20. The van der Waals surface area contributed by atoms with Gasteiger partial charge in [0, 0.05) is 16.3 Å². The summed E-state index contributed by atoms with van der Waals surface area (Å²) >= 11 is 5.01. The molecular formula is C14H14BrNO2S. The van der Waals surface area contributed by atoms with Gasteiger partial charge in [-0.1, -0.05) is 34.1 Å². The number of nitrogens with zero attached hydrogens (tertiary/aromatic N) is 1. The van der Waals surface area contributed by atoms with Crippen LogP contribution in [-0.4, -0.2) is 16.1 Å². The van der Waals surface area contributed by atoms with Crippen molar-refractivity contribution in [1.82, 2.24) is 4.98 Å². The number of aliphatic carboxylic acids is 1. The molecule has 2 rings (SSSR count). The van der Waals surface area contributed by atoms with Crippen molar-refractivity contribution in [2.45, 2.75) is 25.7 Å². The Bertz CT molecular complexity index is 607. The van der Waals surface area contributed by atoms with Crippen molar-refractivity contribution in [2.75, 3.05) is 0 Å². The number of hydrogen-bond acceptors (Lipinski definition) is 3. The Balaban J connectivity index is 2.23. The molecule has 3 nitrogen and oxygen atoms in total. The van der Waals surface area contributed by atoms with Gasteiger partial charge in [-0.15, -0.1) is 11.3 Å². The molecule has 0 unspecified atom stereocenters. The number of benzene rings is 1. The van der Waals surface area contributed by atoms with E-state index in [0.29, 0.717) is 12.1 Å². The Morgan fingerprint density at radius 3 is 2.74 bits per heavy atom. The molecular weight excluding hydrogens is 326 g/mol. The third kappa shape index (κ3) is 3.04. The Labute approximate surface area is 124 Å². The van der Waals surface area contributed by atoms with Gasteiger partial charge in [0.1, 0.15) is 5.41 Å². The van der Waals surface area contributed by atoms with Gasteiger partial charge in [0.25, 0.3) is 0 Å². The first kappa shape index (κ1) is 14.2. The maximum Gasteiger partial charge on any atom is 0.315 e. The summed E-state index contributed by atoms with van der Waals surface area (Å²) < 4.78 is 1.05. The van der Waals surface area contributed by atoms with Crippen molar-refractivity contribution in [3.05, 3.63) is 50.4 Å². The molecule has 1 heterocycles. The highest BCUT2D eigenvalue weighted by molar-refractivity contribution is 9.10. The monoisotopic (exact) mass is 339 g/mol. The summed E-state index contributed by atoms with van der Waals surface area (Å²) in [4.78, 5) is 15.7. The number of carboxylic acid groups (broad SMARTS) is 1. The van der Waals surface area contributed by atoms with Crippen LogP contribution in [0, 0.1) is 0 Å². The average Bonchev–Trinajstić information content (AvgIpc) is 2.81. The summed E-state index contributed by atoms with van der Waals surface area (Å²) in [6, 6.07) is 7.97. The van der Waals surface area contributed by atoms with Crippen molar-refractivity contribution in [3.63, 3.8) is 0 Å². The van der Waals surface area contributed by atoms with E-state index in [1.54, 1.807) is 13.8 Å². The van der Waals surface area contributed by atoms with Crippen LogP contribution < -0.4 is 0 Å². The van der Waals surface area contributed by atoms with Crippen molar-refractivity contribution < 1.29 is 9.90 Å². The highest BCUT2D eigenvalue weighted by atomic mass is 79.9. The second-order valence-electron chi connectivity index (χ2n) is 4.82. The molecule has 0 amide bonds. The standard InChI is InChI=1S/C14H14BrNO2S/c1-14(2,13(17)18)11-8-19-12(16-11)7-9-5-3-4-6-10(9)15/h3-6,8H,7H2,1-2H3,(H,17,18). The topological polar surface area (TPSA) is 50.2 Å². The van der Waals surface area contributed by atoms with Crippen LogP contribution in [0.3, 0.4) is 0 Å². The molecule has 5 heteroatoms. The van der Waals surface area contributed by atoms with E-state index < -0.39 is 11.4 Å². The summed E-state index contributed by atoms with van der Waals surface area (Å²) in [6.45, 7) is 3.35. The lowest BCUT2D eigenvalue weighted by molar-refractivity contribution is -0.142. The SMILES string of the molecule is CC(C)(C(=O)O)c1csc(Cc2ccccc2Br)n1. The Morgan fingerprint density at radius 2 is 2.11 bits per heavy atom. The zero-order valence-corrected chi connectivity index (χ0v) is 13.1. The van der Waals surface area contributed by atoms with E-state index >= 15 is 0 Å². The lowest BCUT2D eigenvalue weighted by atomic mass is 9.90. The largest absolute Gasteiger partial charge is 0.481 e. The first-order chi connectivity index (χ1) is 8.91. The highest BCUT2D eigenvalue weighted by Gasteiger charge is 2.32. The molecule has 2 aromatic rings. The molecule has 0 saturated carbocycles. The maximum atomic E-state index is 11.2. The van der Waals surface area contributed by atoms with Crippen LogP contribution in [0.1, 0.15) is 30.1 Å². The number of thiazole rings is 1. The number of carbonyl (C=O) groups is 1. The molecule has 0 aliphatic heterocycles. The van der Waals surface area contributed by atoms with Gasteiger partial charge < -0.3 is 5.11 Å². The number of halogens is 1. The van der Waals surface area contributed by atoms with Gasteiger partial charge in [-0.25, -0.2) is 4.98 Å². The molecule has 100 valence electrons. The predicted octanol–water partition coefficient (Wildman–Crippen LogP) is 3.86. The molecule has 0 bridgehead atoms. The van der Waals surface area contributed by atoms with Gasteiger partial charge in [-0.2, -0.15) is 0 Å². The number of rotatable bonds is 4. The molecule has 0 saturated heterocycles. The van der Waals surface area contributed by atoms with E-state index in [1.165, 1.54) is 11.3 Å². The molecule has 1 aromatic heterocycles. The lowest BCUT2D eigenvalue weighted by Gasteiger charge is -2.15. The van der Waals surface area contributed by atoms with Crippen LogP contribution in [0.25, 0.3) is 0 Å². The summed E-state index contributed by atoms with van der Waals surface area (Å²) in [5, 5.41) is 12.0. The first-order valence-corrected chi connectivity index (χ1v) is 7.50. The maximum absolute atomic E-state index is 11.2. The second-order valence-corrected chi connectivity index (χ2v) is 6.62. The van der Waals surface area contributed by atoms with Crippen LogP contribution in [0.15, 0.2) is 34.1 Å². The van der Waals surface area contributed by atoms with Gasteiger partial charge in [0.2, 0.25) is 0 Å². The third-order valence-corrected chi connectivity index (χ3v) is 4.65. The first-order valence-electron chi connectivity index (χ1n) is 5.83. The van der Waals surface area contributed by atoms with Gasteiger partial charge in [-0.3, -0.25) is 4.79 Å². The summed E-state index contributed by atoms with van der Waals surface area (Å²) in [5.74, 6) is -0.856. The average molecular weight is 340 g/mol. The minimum Gasteiger partial charge on any atom is -0.481 e. The molecule has 1 N–H and O–H groups in total. The zero-order chi connectivity index (χ0) is 14.0. The molecule has 19 heavy (non-hydrogen) atoms. The number of aromatic nitrogens is 1. The van der Waals surface area contributed by atoms with Crippen LogP contribution in [0.5, 0.6) is 0 Å². The van der Waals surface area contributed by atoms with Gasteiger partial charge in [0.05, 0.1) is 10.7 Å². The van der Waals surface area contributed by atoms with E-state index in [4.69, 9.17) is 0 Å². The Morgan fingerprint density at radius 1 is 1.42 bits per heavy atom. The van der Waals surface area contributed by atoms with E-state index in [2.05, 4.69) is 20.9 Å². The molecule has 0 radical (unpaired) electrons. The zero-order valence-electron chi connectivity index (χ0n) is 10.7. The van der Waals surface area contributed by atoms with Crippen LogP contribution in [-0.2, 0) is 16.6 Å². The molecule has 0 fully saturated rings. The molecule has 0 aliphatic carbocycles. The fourth-order valence-corrected chi connectivity index (χ4v) is 3.00. The number of carboxylic acids is 1. The van der Waals surface area contributed by atoms with Crippen molar-refractivity contribution in [3.8, 4) is 0 Å². The minimum atomic E-state index is -0.942. The Kier molecular flexibility index (Phi) is 4.06. The van der Waals surface area contributed by atoms with Crippen molar-refractivity contribution >= 4 is 33.2 Å². The van der Waals surface area contributed by atoms with E-state index in [9.17, 15) is 9.90 Å². The van der Waals surface area contributed by atoms with Crippen molar-refractivity contribution in [1.29, 1.82) is 0 Å². The molecule has 1 aromatic carbocycles. The fourth-order valence-electron chi connectivity index (χ4n) is 1.59. The van der Waals surface area contributed by atoms with Gasteiger partial charge in [0.15, 0.2) is 0 Å². The third-order valence-electron chi connectivity index (χ3n) is 3.03. The summed E-state index contributed by atoms with van der Waals surface area (Å²) in [6.07, 6.45) is 0.710.